The molecule has 1 amide bonds. The SMILES string of the molecule is CCOC(=O)c1sc(N(C(=O)c2ccc(Cl)c(Cl)c2)C2CC2)nc1C. The van der Waals surface area contributed by atoms with Gasteiger partial charge in [0.2, 0.25) is 0 Å². The number of aromatic nitrogens is 1. The van der Waals surface area contributed by atoms with Crippen molar-refractivity contribution in [2.75, 3.05) is 11.5 Å². The molecule has 1 fully saturated rings. The van der Waals surface area contributed by atoms with Gasteiger partial charge in [-0.15, -0.1) is 0 Å². The molecule has 1 heterocycles. The van der Waals surface area contributed by atoms with Gasteiger partial charge in [-0.25, -0.2) is 9.78 Å². The highest BCUT2D eigenvalue weighted by Crippen LogP contribution is 2.37. The normalized spacial score (nSPS) is 13.6. The van der Waals surface area contributed by atoms with Crippen LogP contribution in [0.2, 0.25) is 10.0 Å². The van der Waals surface area contributed by atoms with Gasteiger partial charge in [-0.05, 0) is 44.9 Å². The second-order valence-corrected chi connectivity index (χ2v) is 7.46. The highest BCUT2D eigenvalue weighted by molar-refractivity contribution is 7.17. The fraction of sp³-hybridized carbons (Fsp3) is 0.353. The van der Waals surface area contributed by atoms with Gasteiger partial charge in [0.15, 0.2) is 5.13 Å². The second kappa shape index (κ2) is 7.32. The van der Waals surface area contributed by atoms with Crippen LogP contribution in [0, 0.1) is 6.92 Å². The van der Waals surface area contributed by atoms with Crippen LogP contribution in [0.5, 0.6) is 0 Å². The average molecular weight is 399 g/mol. The summed E-state index contributed by atoms with van der Waals surface area (Å²) in [5, 5.41) is 1.22. The van der Waals surface area contributed by atoms with Crippen LogP contribution < -0.4 is 4.90 Å². The van der Waals surface area contributed by atoms with E-state index in [-0.39, 0.29) is 11.9 Å². The van der Waals surface area contributed by atoms with Crippen molar-refractivity contribution in [2.45, 2.75) is 32.7 Å². The molecule has 0 N–H and O–H groups in total. The summed E-state index contributed by atoms with van der Waals surface area (Å²) < 4.78 is 5.05. The van der Waals surface area contributed by atoms with Crippen LogP contribution in [0.4, 0.5) is 5.13 Å². The lowest BCUT2D eigenvalue weighted by Crippen LogP contribution is -2.33. The Morgan fingerprint density at radius 3 is 2.64 bits per heavy atom. The minimum atomic E-state index is -0.415. The average Bonchev–Trinajstić information content (AvgIpc) is 3.32. The number of esters is 1. The van der Waals surface area contributed by atoms with Crippen LogP contribution in [0.25, 0.3) is 0 Å². The fourth-order valence-electron chi connectivity index (χ4n) is 2.38. The molecule has 1 aromatic carbocycles. The fourth-order valence-corrected chi connectivity index (χ4v) is 3.71. The highest BCUT2D eigenvalue weighted by Gasteiger charge is 2.37. The lowest BCUT2D eigenvalue weighted by Gasteiger charge is -2.19. The number of amides is 1. The van der Waals surface area contributed by atoms with Gasteiger partial charge in [0.1, 0.15) is 4.88 Å². The van der Waals surface area contributed by atoms with E-state index in [4.69, 9.17) is 27.9 Å². The number of nitrogens with zero attached hydrogens (tertiary/aromatic N) is 2. The number of hydrogen-bond donors (Lipinski definition) is 0. The van der Waals surface area contributed by atoms with Crippen molar-refractivity contribution in [1.29, 1.82) is 0 Å². The van der Waals surface area contributed by atoms with Crippen LogP contribution in [-0.4, -0.2) is 29.5 Å². The molecule has 0 unspecified atom stereocenters. The summed E-state index contributed by atoms with van der Waals surface area (Å²) >= 11 is 13.1. The van der Waals surface area contributed by atoms with Crippen molar-refractivity contribution >= 4 is 51.5 Å². The van der Waals surface area contributed by atoms with Crippen LogP contribution in [0.15, 0.2) is 18.2 Å². The molecule has 2 aromatic rings. The van der Waals surface area contributed by atoms with Crippen LogP contribution in [0.1, 0.15) is 45.5 Å². The molecular formula is C17H16Cl2N2O3S. The molecule has 5 nitrogen and oxygen atoms in total. The first kappa shape index (κ1) is 18.2. The van der Waals surface area contributed by atoms with Crippen LogP contribution >= 0.6 is 34.5 Å². The molecule has 0 bridgehead atoms. The third-order valence-electron chi connectivity index (χ3n) is 3.75. The number of anilines is 1. The van der Waals surface area contributed by atoms with Crippen molar-refractivity contribution in [3.63, 3.8) is 0 Å². The maximum Gasteiger partial charge on any atom is 0.350 e. The molecule has 25 heavy (non-hydrogen) atoms. The van der Waals surface area contributed by atoms with E-state index in [2.05, 4.69) is 4.98 Å². The highest BCUT2D eigenvalue weighted by atomic mass is 35.5. The summed E-state index contributed by atoms with van der Waals surface area (Å²) in [4.78, 5) is 31.5. The molecular weight excluding hydrogens is 383 g/mol. The number of ether oxygens (including phenoxy) is 1. The molecule has 1 aliphatic rings. The molecule has 1 aromatic heterocycles. The summed E-state index contributed by atoms with van der Waals surface area (Å²) in [5.74, 6) is -0.619. The van der Waals surface area contributed by atoms with Crippen molar-refractivity contribution in [1.82, 2.24) is 4.98 Å². The van der Waals surface area contributed by atoms with E-state index < -0.39 is 5.97 Å². The third-order valence-corrected chi connectivity index (χ3v) is 5.63. The second-order valence-electron chi connectivity index (χ2n) is 5.67. The van der Waals surface area contributed by atoms with Gasteiger partial charge in [0, 0.05) is 11.6 Å². The zero-order chi connectivity index (χ0) is 18.1. The predicted octanol–water partition coefficient (Wildman–Crippen LogP) is 4.74. The first-order valence-electron chi connectivity index (χ1n) is 7.85. The number of aryl methyl sites for hydroxylation is 1. The molecule has 0 spiro atoms. The molecule has 132 valence electrons. The number of rotatable bonds is 5. The molecule has 1 saturated carbocycles. The van der Waals surface area contributed by atoms with E-state index in [1.807, 2.05) is 0 Å². The van der Waals surface area contributed by atoms with E-state index in [1.165, 1.54) is 11.3 Å². The van der Waals surface area contributed by atoms with E-state index >= 15 is 0 Å². The van der Waals surface area contributed by atoms with Gasteiger partial charge >= 0.3 is 5.97 Å². The van der Waals surface area contributed by atoms with Gasteiger partial charge in [0.25, 0.3) is 5.91 Å². The zero-order valence-corrected chi connectivity index (χ0v) is 16.0. The van der Waals surface area contributed by atoms with Crippen molar-refractivity contribution in [3.05, 3.63) is 44.4 Å². The van der Waals surface area contributed by atoms with E-state index in [9.17, 15) is 9.59 Å². The Labute approximate surface area is 159 Å². The number of hydrogen-bond acceptors (Lipinski definition) is 5. The number of benzene rings is 1. The molecule has 3 rings (SSSR count). The smallest absolute Gasteiger partial charge is 0.350 e. The Morgan fingerprint density at radius 1 is 1.32 bits per heavy atom. The summed E-state index contributed by atoms with van der Waals surface area (Å²) in [5.41, 5.74) is 0.998. The summed E-state index contributed by atoms with van der Waals surface area (Å²) in [7, 11) is 0. The largest absolute Gasteiger partial charge is 0.462 e. The first-order chi connectivity index (χ1) is 11.9. The summed E-state index contributed by atoms with van der Waals surface area (Å²) in [6, 6.07) is 4.87. The lowest BCUT2D eigenvalue weighted by atomic mass is 10.2. The maximum atomic E-state index is 13.0. The predicted molar refractivity (Wildman–Crippen MR) is 99.1 cm³/mol. The molecule has 8 heteroatoms. The Morgan fingerprint density at radius 2 is 2.04 bits per heavy atom. The van der Waals surface area contributed by atoms with Crippen molar-refractivity contribution < 1.29 is 14.3 Å². The van der Waals surface area contributed by atoms with Gasteiger partial charge in [-0.1, -0.05) is 34.5 Å². The van der Waals surface area contributed by atoms with E-state index in [1.54, 1.807) is 36.9 Å². The quantitative estimate of drug-likeness (QED) is 0.682. The summed E-state index contributed by atoms with van der Waals surface area (Å²) in [6.45, 7) is 3.78. The Kier molecular flexibility index (Phi) is 5.32. The van der Waals surface area contributed by atoms with Crippen LogP contribution in [0.3, 0.4) is 0 Å². The summed E-state index contributed by atoms with van der Waals surface area (Å²) in [6.07, 6.45) is 1.81. The molecule has 1 aliphatic carbocycles. The van der Waals surface area contributed by atoms with Gasteiger partial charge < -0.3 is 4.74 Å². The Bertz CT molecular complexity index is 833. The molecule has 0 radical (unpaired) electrons. The zero-order valence-electron chi connectivity index (χ0n) is 13.7. The topological polar surface area (TPSA) is 59.5 Å². The lowest BCUT2D eigenvalue weighted by molar-refractivity contribution is 0.0531. The molecule has 0 atom stereocenters. The molecule has 0 aliphatic heterocycles. The van der Waals surface area contributed by atoms with Gasteiger partial charge in [-0.3, -0.25) is 9.69 Å². The minimum absolute atomic E-state index is 0.0857. The standard InChI is InChI=1S/C17H16Cl2N2O3S/c1-3-24-16(23)14-9(2)20-17(25-14)21(11-5-6-11)15(22)10-4-7-12(18)13(19)8-10/h4,7-8,11H,3,5-6H2,1-2H3. The third kappa shape index (κ3) is 3.81. The maximum absolute atomic E-state index is 13.0. The van der Waals surface area contributed by atoms with Crippen molar-refractivity contribution in [2.24, 2.45) is 0 Å². The van der Waals surface area contributed by atoms with E-state index in [0.717, 1.165) is 12.8 Å². The van der Waals surface area contributed by atoms with Crippen molar-refractivity contribution in [3.8, 4) is 0 Å². The Balaban J connectivity index is 1.94. The van der Waals surface area contributed by atoms with Gasteiger partial charge in [0.05, 0.1) is 22.3 Å². The monoisotopic (exact) mass is 398 g/mol. The Hall–Kier alpha value is -1.63. The van der Waals surface area contributed by atoms with Gasteiger partial charge in [-0.2, -0.15) is 0 Å². The minimum Gasteiger partial charge on any atom is -0.462 e. The first-order valence-corrected chi connectivity index (χ1v) is 9.42. The number of carbonyl (C=O) groups excluding carboxylic acids is 2. The van der Waals surface area contributed by atoms with E-state index in [0.29, 0.717) is 37.9 Å². The molecule has 0 saturated heterocycles. The number of carbonyl (C=O) groups is 2. The number of halogens is 2. The number of thiazole rings is 1. The van der Waals surface area contributed by atoms with Crippen LogP contribution in [-0.2, 0) is 4.74 Å².